The third-order valence-electron chi connectivity index (χ3n) is 6.83. The summed E-state index contributed by atoms with van der Waals surface area (Å²) in [7, 11) is -3.85. The Labute approximate surface area is 223 Å². The van der Waals surface area contributed by atoms with E-state index in [0.717, 1.165) is 22.3 Å². The lowest BCUT2D eigenvalue weighted by molar-refractivity contribution is -0.120. The minimum Gasteiger partial charge on any atom is -0.355 e. The summed E-state index contributed by atoms with van der Waals surface area (Å²) < 4.78 is 34.0. The van der Waals surface area contributed by atoms with Crippen LogP contribution in [0.1, 0.15) is 52.1 Å². The Morgan fingerprint density at radius 1 is 1.03 bits per heavy atom. The molecule has 7 nitrogen and oxygen atoms in total. The first-order valence-electron chi connectivity index (χ1n) is 12.3. The first-order valence-corrected chi connectivity index (χ1v) is 14.1. The van der Waals surface area contributed by atoms with Gasteiger partial charge in [0.25, 0.3) is 0 Å². The van der Waals surface area contributed by atoms with E-state index >= 15 is 0 Å². The molecule has 1 N–H and O–H groups in total. The van der Waals surface area contributed by atoms with Crippen molar-refractivity contribution in [2.75, 3.05) is 18.4 Å². The number of rotatable bonds is 6. The van der Waals surface area contributed by atoms with E-state index in [-0.39, 0.29) is 35.6 Å². The van der Waals surface area contributed by atoms with Crippen LogP contribution in [0.4, 0.5) is 5.69 Å². The van der Waals surface area contributed by atoms with Crippen LogP contribution in [0.25, 0.3) is 12.2 Å². The number of benzene rings is 2. The van der Waals surface area contributed by atoms with Gasteiger partial charge in [-0.15, -0.1) is 0 Å². The summed E-state index contributed by atoms with van der Waals surface area (Å²) >= 11 is 6.16. The molecule has 37 heavy (non-hydrogen) atoms. The summed E-state index contributed by atoms with van der Waals surface area (Å²) in [5, 5.41) is 7.43. The van der Waals surface area contributed by atoms with Gasteiger partial charge in [-0.2, -0.15) is 4.31 Å². The van der Waals surface area contributed by atoms with E-state index < -0.39 is 10.0 Å². The highest BCUT2D eigenvalue weighted by Gasteiger charge is 2.36. The van der Waals surface area contributed by atoms with Crippen molar-refractivity contribution in [1.29, 1.82) is 0 Å². The van der Waals surface area contributed by atoms with Crippen molar-refractivity contribution in [3.8, 4) is 0 Å². The standard InChI is InChI=1S/C28H32ClN3O4S/c1-17-14-19(3)24(20(4)15-17)8-9-26-27(21(5)31-36-26)37(34,35)32-12-10-22(11-13-32)28(33)30-23-7-6-18(2)25(29)16-23/h6-9,14-16,22H,10-13H2,1-5H3,(H,30,33)/b9-8+. The summed E-state index contributed by atoms with van der Waals surface area (Å²) in [4.78, 5) is 12.9. The Hall–Kier alpha value is -2.94. The zero-order valence-electron chi connectivity index (χ0n) is 21.8. The van der Waals surface area contributed by atoms with Crippen LogP contribution in [-0.4, -0.2) is 36.9 Å². The van der Waals surface area contributed by atoms with Crippen molar-refractivity contribution >= 4 is 45.4 Å². The number of nitrogens with one attached hydrogen (secondary N) is 1. The van der Waals surface area contributed by atoms with Crippen LogP contribution in [0, 0.1) is 40.5 Å². The fourth-order valence-electron chi connectivity index (χ4n) is 4.81. The zero-order valence-corrected chi connectivity index (χ0v) is 23.3. The first kappa shape index (κ1) is 27.1. The van der Waals surface area contributed by atoms with Crippen molar-refractivity contribution in [3.63, 3.8) is 0 Å². The molecular weight excluding hydrogens is 510 g/mol. The predicted molar refractivity (Wildman–Crippen MR) is 147 cm³/mol. The molecule has 1 fully saturated rings. The van der Waals surface area contributed by atoms with E-state index in [0.29, 0.717) is 29.2 Å². The number of carbonyl (C=O) groups is 1. The number of nitrogens with zero attached hydrogens (tertiary/aromatic N) is 2. The molecule has 1 aliphatic rings. The number of aryl methyl sites for hydroxylation is 5. The third-order valence-corrected chi connectivity index (χ3v) is 9.30. The van der Waals surface area contributed by atoms with Crippen LogP contribution in [0.3, 0.4) is 0 Å². The van der Waals surface area contributed by atoms with Gasteiger partial charge in [0, 0.05) is 29.7 Å². The smallest absolute Gasteiger partial charge is 0.248 e. The van der Waals surface area contributed by atoms with Crippen LogP contribution in [0.5, 0.6) is 0 Å². The van der Waals surface area contributed by atoms with Crippen molar-refractivity contribution in [2.45, 2.75) is 52.4 Å². The van der Waals surface area contributed by atoms with Gasteiger partial charge in [0.05, 0.1) is 0 Å². The number of sulfonamides is 1. The van der Waals surface area contributed by atoms with Crippen LogP contribution >= 0.6 is 11.6 Å². The second kappa shape index (κ2) is 10.8. The highest BCUT2D eigenvalue weighted by Crippen LogP contribution is 2.30. The van der Waals surface area contributed by atoms with E-state index in [9.17, 15) is 13.2 Å². The van der Waals surface area contributed by atoms with Crippen molar-refractivity contribution in [1.82, 2.24) is 9.46 Å². The number of hydrogen-bond donors (Lipinski definition) is 1. The van der Waals surface area contributed by atoms with Crippen molar-refractivity contribution in [3.05, 3.63) is 74.6 Å². The molecule has 0 spiro atoms. The highest BCUT2D eigenvalue weighted by molar-refractivity contribution is 7.89. The van der Waals surface area contributed by atoms with E-state index in [2.05, 4.69) is 22.6 Å². The Morgan fingerprint density at radius 3 is 2.30 bits per heavy atom. The van der Waals surface area contributed by atoms with Gasteiger partial charge in [0.2, 0.25) is 15.9 Å². The molecule has 0 unspecified atom stereocenters. The molecule has 2 aromatic carbocycles. The molecule has 1 amide bonds. The zero-order chi connectivity index (χ0) is 26.9. The molecule has 196 valence electrons. The molecule has 4 rings (SSSR count). The van der Waals surface area contributed by atoms with E-state index in [1.54, 1.807) is 19.1 Å². The van der Waals surface area contributed by atoms with Gasteiger partial charge < -0.3 is 9.84 Å². The Balaban J connectivity index is 1.48. The van der Waals surface area contributed by atoms with Crippen LogP contribution in [0.2, 0.25) is 5.02 Å². The van der Waals surface area contributed by atoms with Crippen molar-refractivity contribution in [2.24, 2.45) is 5.92 Å². The fourth-order valence-corrected chi connectivity index (χ4v) is 6.71. The normalized spacial score (nSPS) is 15.4. The molecule has 1 saturated heterocycles. The monoisotopic (exact) mass is 541 g/mol. The van der Waals surface area contributed by atoms with Gasteiger partial charge in [-0.05, 0) is 87.9 Å². The van der Waals surface area contributed by atoms with Gasteiger partial charge in [0.1, 0.15) is 5.69 Å². The molecular formula is C28H32ClN3O4S. The number of aromatic nitrogens is 1. The number of hydrogen-bond acceptors (Lipinski definition) is 5. The van der Waals surface area contributed by atoms with Gasteiger partial charge in [0.15, 0.2) is 10.7 Å². The van der Waals surface area contributed by atoms with Gasteiger partial charge in [-0.3, -0.25) is 4.79 Å². The van der Waals surface area contributed by atoms with Crippen molar-refractivity contribution < 1.29 is 17.7 Å². The Bertz CT molecular complexity index is 1450. The summed E-state index contributed by atoms with van der Waals surface area (Å²) in [6.07, 6.45) is 4.38. The lowest BCUT2D eigenvalue weighted by atomic mass is 9.97. The quantitative estimate of drug-likeness (QED) is 0.408. The van der Waals surface area contributed by atoms with E-state index in [4.69, 9.17) is 16.1 Å². The van der Waals surface area contributed by atoms with Crippen LogP contribution in [-0.2, 0) is 14.8 Å². The summed E-state index contributed by atoms with van der Waals surface area (Å²) in [5.41, 5.74) is 6.26. The average molecular weight is 542 g/mol. The SMILES string of the molecule is Cc1cc(C)c(/C=C/c2onc(C)c2S(=O)(=O)N2CCC(C(=O)Nc3ccc(C)c(Cl)c3)CC2)c(C)c1. The third kappa shape index (κ3) is 5.81. The summed E-state index contributed by atoms with van der Waals surface area (Å²) in [5.74, 6) is -0.222. The molecule has 0 radical (unpaired) electrons. The van der Waals surface area contributed by atoms with Gasteiger partial charge in [-0.1, -0.05) is 46.6 Å². The van der Waals surface area contributed by atoms with Gasteiger partial charge >= 0.3 is 0 Å². The maximum Gasteiger partial charge on any atom is 0.248 e. The van der Waals surface area contributed by atoms with Gasteiger partial charge in [-0.25, -0.2) is 8.42 Å². The first-order chi connectivity index (χ1) is 17.5. The molecule has 0 saturated carbocycles. The minimum atomic E-state index is -3.85. The molecule has 0 bridgehead atoms. The molecule has 9 heteroatoms. The van der Waals surface area contributed by atoms with E-state index in [1.165, 1.54) is 9.87 Å². The molecule has 2 heterocycles. The summed E-state index contributed by atoms with van der Waals surface area (Å²) in [6, 6.07) is 9.55. The largest absolute Gasteiger partial charge is 0.355 e. The molecule has 1 aliphatic heterocycles. The van der Waals surface area contributed by atoms with Crippen LogP contribution < -0.4 is 5.32 Å². The lowest BCUT2D eigenvalue weighted by Crippen LogP contribution is -2.41. The average Bonchev–Trinajstić information content (AvgIpc) is 3.22. The Morgan fingerprint density at radius 2 is 1.68 bits per heavy atom. The topological polar surface area (TPSA) is 92.5 Å². The molecule has 0 aliphatic carbocycles. The predicted octanol–water partition coefficient (Wildman–Crippen LogP) is 6.08. The maximum atomic E-state index is 13.6. The lowest BCUT2D eigenvalue weighted by Gasteiger charge is -2.30. The highest BCUT2D eigenvalue weighted by atomic mass is 35.5. The number of carbonyl (C=O) groups excluding carboxylic acids is 1. The second-order valence-corrected chi connectivity index (χ2v) is 12.0. The van der Waals surface area contributed by atoms with E-state index in [1.807, 2.05) is 45.9 Å². The minimum absolute atomic E-state index is 0.0726. The molecule has 3 aromatic rings. The number of anilines is 1. The molecule has 0 atom stereocenters. The summed E-state index contributed by atoms with van der Waals surface area (Å²) in [6.45, 7) is 10.1. The fraction of sp³-hybridized carbons (Fsp3) is 0.357. The number of piperidine rings is 1. The Kier molecular flexibility index (Phi) is 7.92. The molecule has 1 aromatic heterocycles. The second-order valence-electron chi connectivity index (χ2n) is 9.74. The van der Waals surface area contributed by atoms with Crippen LogP contribution in [0.15, 0.2) is 39.8 Å². The number of halogens is 1. The maximum absolute atomic E-state index is 13.6. The number of amides is 1.